The van der Waals surface area contributed by atoms with Crippen molar-refractivity contribution in [3.63, 3.8) is 0 Å². The van der Waals surface area contributed by atoms with Crippen LogP contribution in [-0.4, -0.2) is 35.6 Å². The second-order valence-electron chi connectivity index (χ2n) is 4.68. The molecule has 4 heteroatoms. The van der Waals surface area contributed by atoms with Crippen LogP contribution in [0.3, 0.4) is 0 Å². The highest BCUT2D eigenvalue weighted by Crippen LogP contribution is 2.17. The summed E-state index contributed by atoms with van der Waals surface area (Å²) >= 11 is 0. The third-order valence-electron chi connectivity index (χ3n) is 3.26. The number of nitrogen functional groups attached to an aromatic ring is 1. The van der Waals surface area contributed by atoms with Gasteiger partial charge >= 0.3 is 0 Å². The summed E-state index contributed by atoms with van der Waals surface area (Å²) in [5.74, 6) is 0. The molecule has 1 aromatic heterocycles. The number of nitrogens with one attached hydrogen (secondary N) is 1. The minimum atomic E-state index is 0.435. The number of hydrogen-bond donors (Lipinski definition) is 2. The van der Waals surface area contributed by atoms with Gasteiger partial charge in [0.15, 0.2) is 0 Å². The van der Waals surface area contributed by atoms with Gasteiger partial charge in [-0.05, 0) is 45.5 Å². The molecule has 0 aromatic carbocycles. The highest BCUT2D eigenvalue weighted by Gasteiger charge is 2.05. The first-order valence-corrected chi connectivity index (χ1v) is 6.85. The Hall–Kier alpha value is -1.29. The maximum Gasteiger partial charge on any atom is 0.0736 e. The number of rotatable bonds is 8. The van der Waals surface area contributed by atoms with Gasteiger partial charge in [-0.25, -0.2) is 0 Å². The molecule has 0 amide bonds. The molecule has 0 aliphatic rings. The molecule has 18 heavy (non-hydrogen) atoms. The van der Waals surface area contributed by atoms with Gasteiger partial charge in [-0.3, -0.25) is 4.98 Å². The molecule has 0 fully saturated rings. The number of aromatic nitrogens is 1. The van der Waals surface area contributed by atoms with Crippen LogP contribution in [0.1, 0.15) is 33.6 Å². The molecule has 0 saturated heterocycles. The Kier molecular flexibility index (Phi) is 6.50. The summed E-state index contributed by atoms with van der Waals surface area (Å²) in [7, 11) is 0. The van der Waals surface area contributed by atoms with Crippen molar-refractivity contribution in [2.45, 2.75) is 39.7 Å². The van der Waals surface area contributed by atoms with E-state index < -0.39 is 0 Å². The first-order chi connectivity index (χ1) is 8.67. The fraction of sp³-hybridized carbons (Fsp3) is 0.643. The average Bonchev–Trinajstić information content (AvgIpc) is 2.37. The first kappa shape index (κ1) is 14.8. The second kappa shape index (κ2) is 7.93. The van der Waals surface area contributed by atoms with E-state index in [1.54, 1.807) is 12.4 Å². The minimum Gasteiger partial charge on any atom is -0.396 e. The van der Waals surface area contributed by atoms with Gasteiger partial charge in [0.1, 0.15) is 0 Å². The predicted molar refractivity (Wildman–Crippen MR) is 78.8 cm³/mol. The molecule has 1 atom stereocenters. The maximum atomic E-state index is 5.86. The highest BCUT2D eigenvalue weighted by molar-refractivity contribution is 5.64. The van der Waals surface area contributed by atoms with E-state index in [0.717, 1.165) is 25.2 Å². The molecule has 0 aliphatic carbocycles. The molecular formula is C14H26N4. The number of pyridine rings is 1. The van der Waals surface area contributed by atoms with Crippen LogP contribution >= 0.6 is 0 Å². The van der Waals surface area contributed by atoms with Crippen LogP contribution in [0.15, 0.2) is 18.5 Å². The predicted octanol–water partition coefficient (Wildman–Crippen LogP) is 2.59. The van der Waals surface area contributed by atoms with Crippen molar-refractivity contribution >= 4 is 11.4 Å². The van der Waals surface area contributed by atoms with Crippen molar-refractivity contribution in [3.05, 3.63) is 18.5 Å². The Balaban J connectivity index is 2.30. The number of anilines is 2. The smallest absolute Gasteiger partial charge is 0.0736 e. The summed E-state index contributed by atoms with van der Waals surface area (Å²) in [5, 5.41) is 3.44. The van der Waals surface area contributed by atoms with E-state index in [9.17, 15) is 0 Å². The number of nitrogens with two attached hydrogens (primary N) is 1. The van der Waals surface area contributed by atoms with Crippen LogP contribution in [0.2, 0.25) is 0 Å². The van der Waals surface area contributed by atoms with Crippen LogP contribution in [0.5, 0.6) is 0 Å². The molecule has 1 rings (SSSR count). The lowest BCUT2D eigenvalue weighted by atomic mass is 10.1. The van der Waals surface area contributed by atoms with E-state index in [1.165, 1.54) is 13.0 Å². The molecule has 0 aliphatic heterocycles. The molecule has 0 saturated carbocycles. The van der Waals surface area contributed by atoms with Gasteiger partial charge in [-0.1, -0.05) is 13.8 Å². The van der Waals surface area contributed by atoms with Crippen molar-refractivity contribution < 1.29 is 0 Å². The van der Waals surface area contributed by atoms with Gasteiger partial charge in [0.25, 0.3) is 0 Å². The molecule has 0 spiro atoms. The fourth-order valence-corrected chi connectivity index (χ4v) is 2.04. The van der Waals surface area contributed by atoms with Crippen molar-refractivity contribution in [3.8, 4) is 0 Å². The lowest BCUT2D eigenvalue weighted by molar-refractivity contribution is 0.295. The molecule has 1 heterocycles. The van der Waals surface area contributed by atoms with E-state index in [0.29, 0.717) is 11.7 Å². The lowest BCUT2D eigenvalue weighted by Crippen LogP contribution is -2.25. The maximum absolute atomic E-state index is 5.86. The zero-order chi connectivity index (χ0) is 13.4. The van der Waals surface area contributed by atoms with Gasteiger partial charge in [0, 0.05) is 12.2 Å². The van der Waals surface area contributed by atoms with Gasteiger partial charge in [-0.15, -0.1) is 0 Å². The fourth-order valence-electron chi connectivity index (χ4n) is 2.04. The highest BCUT2D eigenvalue weighted by atomic mass is 15.1. The van der Waals surface area contributed by atoms with E-state index in [-0.39, 0.29) is 0 Å². The van der Waals surface area contributed by atoms with E-state index in [2.05, 4.69) is 36.0 Å². The van der Waals surface area contributed by atoms with E-state index in [4.69, 9.17) is 5.73 Å². The third kappa shape index (κ3) is 4.92. The molecule has 3 N–H and O–H groups in total. The average molecular weight is 250 g/mol. The largest absolute Gasteiger partial charge is 0.396 e. The summed E-state index contributed by atoms with van der Waals surface area (Å²) in [6.07, 6.45) is 5.81. The normalized spacial score (nSPS) is 12.7. The SMILES string of the molecule is CCN(CC)CCCC(C)Nc1ccncc1N. The van der Waals surface area contributed by atoms with Crippen molar-refractivity contribution in [2.24, 2.45) is 0 Å². The zero-order valence-corrected chi connectivity index (χ0v) is 11.8. The van der Waals surface area contributed by atoms with E-state index in [1.807, 2.05) is 6.07 Å². The van der Waals surface area contributed by atoms with Crippen molar-refractivity contribution in [2.75, 3.05) is 30.7 Å². The molecule has 1 aromatic rings. The molecule has 0 bridgehead atoms. The van der Waals surface area contributed by atoms with Crippen LogP contribution in [0.25, 0.3) is 0 Å². The Morgan fingerprint density at radius 1 is 1.39 bits per heavy atom. The summed E-state index contributed by atoms with van der Waals surface area (Å²) < 4.78 is 0. The van der Waals surface area contributed by atoms with Crippen LogP contribution < -0.4 is 11.1 Å². The summed E-state index contributed by atoms with van der Waals surface area (Å²) in [6, 6.07) is 2.36. The summed E-state index contributed by atoms with van der Waals surface area (Å²) in [6.45, 7) is 10.1. The Morgan fingerprint density at radius 3 is 2.72 bits per heavy atom. The van der Waals surface area contributed by atoms with Gasteiger partial charge in [0.05, 0.1) is 17.6 Å². The Morgan fingerprint density at radius 2 is 2.11 bits per heavy atom. The van der Waals surface area contributed by atoms with Gasteiger partial charge in [0.2, 0.25) is 0 Å². The third-order valence-corrected chi connectivity index (χ3v) is 3.26. The quantitative estimate of drug-likeness (QED) is 0.744. The summed E-state index contributed by atoms with van der Waals surface area (Å²) in [5.41, 5.74) is 7.56. The van der Waals surface area contributed by atoms with Crippen molar-refractivity contribution in [1.82, 2.24) is 9.88 Å². The van der Waals surface area contributed by atoms with Gasteiger partial charge in [-0.2, -0.15) is 0 Å². The van der Waals surface area contributed by atoms with Crippen LogP contribution in [0, 0.1) is 0 Å². The first-order valence-electron chi connectivity index (χ1n) is 6.85. The topological polar surface area (TPSA) is 54.2 Å². The number of nitrogens with zero attached hydrogens (tertiary/aromatic N) is 2. The van der Waals surface area contributed by atoms with Crippen LogP contribution in [-0.2, 0) is 0 Å². The number of hydrogen-bond acceptors (Lipinski definition) is 4. The zero-order valence-electron chi connectivity index (χ0n) is 11.8. The lowest BCUT2D eigenvalue weighted by Gasteiger charge is -2.20. The van der Waals surface area contributed by atoms with E-state index >= 15 is 0 Å². The van der Waals surface area contributed by atoms with Crippen LogP contribution in [0.4, 0.5) is 11.4 Å². The Labute approximate surface area is 111 Å². The summed E-state index contributed by atoms with van der Waals surface area (Å²) in [4.78, 5) is 6.44. The Bertz CT molecular complexity index is 336. The van der Waals surface area contributed by atoms with Crippen molar-refractivity contribution in [1.29, 1.82) is 0 Å². The molecule has 1 unspecified atom stereocenters. The monoisotopic (exact) mass is 250 g/mol. The molecular weight excluding hydrogens is 224 g/mol. The second-order valence-corrected chi connectivity index (χ2v) is 4.68. The van der Waals surface area contributed by atoms with Gasteiger partial charge < -0.3 is 16.0 Å². The molecule has 0 radical (unpaired) electrons. The molecule has 102 valence electrons. The standard InChI is InChI=1S/C14H26N4/c1-4-18(5-2)10-6-7-12(3)17-14-8-9-16-11-13(14)15/h8-9,11-12H,4-7,10,15H2,1-3H3,(H,16,17). The molecule has 4 nitrogen and oxygen atoms in total. The minimum absolute atomic E-state index is 0.435.